The number of fused-ring (bicyclic) bond motifs is 3. The number of rotatable bonds is 20. The van der Waals surface area contributed by atoms with Gasteiger partial charge in [0.15, 0.2) is 0 Å². The minimum absolute atomic E-state index is 0.0179. The third-order valence-electron chi connectivity index (χ3n) is 12.6. The standard InChI is InChI=1S/C52H65F3N6O7S/c1-31-22-38-37-12-8-9-13-41(37)58-45(38)46(61(31)29-52(6,7)55)44-39(53)24-36(25-40(44)54)68-21-11-19-66-18-10-20-67-28-43(63)59-48(51(3,4)5)50(65)60-27-35(62)23-42(60)49(64)56-26-33-14-16-34(17-15-33)47-32(2)57-30-69-47/h8-9,12-17,24-25,30-31,35,42,46,48,58,62H,10-11,18-23,26-29H2,1-7H3,(H,56,64)(H,59,63)/t31-,35-,42+,46-,48?/m1/s1. The summed E-state index contributed by atoms with van der Waals surface area (Å²) >= 11 is 1.56. The van der Waals surface area contributed by atoms with Crippen LogP contribution < -0.4 is 15.4 Å². The second kappa shape index (κ2) is 22.2. The third-order valence-corrected chi connectivity index (χ3v) is 13.6. The van der Waals surface area contributed by atoms with Gasteiger partial charge in [0.1, 0.15) is 41.7 Å². The van der Waals surface area contributed by atoms with Gasteiger partial charge >= 0.3 is 0 Å². The van der Waals surface area contributed by atoms with Crippen LogP contribution in [0.25, 0.3) is 21.3 Å². The number of hydrogen-bond donors (Lipinski definition) is 4. The summed E-state index contributed by atoms with van der Waals surface area (Å²) < 4.78 is 64.2. The van der Waals surface area contributed by atoms with Gasteiger partial charge in [-0.3, -0.25) is 19.3 Å². The second-order valence-electron chi connectivity index (χ2n) is 19.9. The van der Waals surface area contributed by atoms with Crippen LogP contribution >= 0.6 is 11.3 Å². The Hall–Kier alpha value is -5.33. The number of hydrogen-bond acceptors (Lipinski definition) is 10. The quantitative estimate of drug-likeness (QED) is 0.0568. The SMILES string of the molecule is Cc1ncsc1-c1ccc(CNC(=O)[C@@H]2C[C@@H](O)CN2C(=O)C(NC(=O)COCCCOCCCOc2cc(F)c([C@@H]3c4[nH]c5ccccc5c4C[C@@H](C)N3CC(C)(C)F)c(F)c2)C(C)(C)C)cc1. The zero-order valence-electron chi connectivity index (χ0n) is 40.5. The monoisotopic (exact) mass is 974 g/mol. The molecule has 2 aliphatic rings. The molecule has 0 radical (unpaired) electrons. The Kier molecular flexibility index (Phi) is 16.6. The Morgan fingerprint density at radius 3 is 2.32 bits per heavy atom. The molecule has 2 aromatic heterocycles. The van der Waals surface area contributed by atoms with Crippen LogP contribution in [0.2, 0.25) is 0 Å². The van der Waals surface area contributed by atoms with Crippen molar-refractivity contribution in [3.8, 4) is 16.2 Å². The average Bonchev–Trinajstić information content (AvgIpc) is 4.01. The number of aromatic nitrogens is 2. The molecule has 5 atom stereocenters. The van der Waals surface area contributed by atoms with E-state index in [1.165, 1.54) is 30.9 Å². The Balaban J connectivity index is 0.826. The molecular weight excluding hydrogens is 910 g/mol. The zero-order chi connectivity index (χ0) is 49.6. The summed E-state index contributed by atoms with van der Waals surface area (Å²) in [5.74, 6) is -2.88. The molecule has 69 heavy (non-hydrogen) atoms. The topological polar surface area (TPSA) is 158 Å². The Morgan fingerprint density at radius 1 is 0.971 bits per heavy atom. The maximum absolute atomic E-state index is 16.0. The van der Waals surface area contributed by atoms with Gasteiger partial charge in [0.05, 0.1) is 34.8 Å². The highest BCUT2D eigenvalue weighted by Gasteiger charge is 2.45. The molecule has 13 nitrogen and oxygen atoms in total. The number of nitrogens with zero attached hydrogens (tertiary/aromatic N) is 3. The molecule has 0 spiro atoms. The van der Waals surface area contributed by atoms with Crippen LogP contribution in [0.15, 0.2) is 66.2 Å². The normalized spacial score (nSPS) is 19.1. The number of halogens is 3. The number of likely N-dealkylation sites (tertiary alicyclic amines) is 1. The van der Waals surface area contributed by atoms with Crippen LogP contribution in [0.5, 0.6) is 5.75 Å². The number of aliphatic hydroxyl groups is 1. The lowest BCUT2D eigenvalue weighted by molar-refractivity contribution is -0.144. The van der Waals surface area contributed by atoms with Gasteiger partial charge < -0.3 is 39.8 Å². The van der Waals surface area contributed by atoms with Gasteiger partial charge in [0.2, 0.25) is 17.7 Å². The lowest BCUT2D eigenvalue weighted by atomic mass is 9.85. The summed E-state index contributed by atoms with van der Waals surface area (Å²) in [5.41, 5.74) is 4.67. The number of aryl methyl sites for hydroxylation is 1. The van der Waals surface area contributed by atoms with Crippen LogP contribution in [-0.4, -0.2) is 119 Å². The molecule has 4 N–H and O–H groups in total. The molecule has 4 heterocycles. The van der Waals surface area contributed by atoms with Gasteiger partial charge in [-0.05, 0) is 68.7 Å². The van der Waals surface area contributed by atoms with E-state index in [4.69, 9.17) is 14.2 Å². The summed E-state index contributed by atoms with van der Waals surface area (Å²) in [6.45, 7) is 13.1. The van der Waals surface area contributed by atoms with Crippen molar-refractivity contribution in [1.29, 1.82) is 0 Å². The van der Waals surface area contributed by atoms with Gasteiger partial charge in [-0.1, -0.05) is 63.2 Å². The van der Waals surface area contributed by atoms with E-state index in [0.717, 1.165) is 38.2 Å². The van der Waals surface area contributed by atoms with Crippen molar-refractivity contribution in [3.05, 3.63) is 106 Å². The first-order valence-electron chi connectivity index (χ1n) is 23.7. The van der Waals surface area contributed by atoms with E-state index in [0.29, 0.717) is 38.2 Å². The molecule has 5 aromatic rings. The van der Waals surface area contributed by atoms with E-state index in [9.17, 15) is 19.5 Å². The summed E-state index contributed by atoms with van der Waals surface area (Å²) in [6.07, 6.45) is 0.701. The number of carbonyl (C=O) groups excluding carboxylic acids is 3. The minimum Gasteiger partial charge on any atom is -0.493 e. The largest absolute Gasteiger partial charge is 0.493 e. The van der Waals surface area contributed by atoms with Crippen molar-refractivity contribution in [1.82, 2.24) is 30.4 Å². The number of aliphatic hydroxyl groups excluding tert-OH is 1. The smallest absolute Gasteiger partial charge is 0.246 e. The van der Waals surface area contributed by atoms with Gasteiger partial charge in [0.25, 0.3) is 0 Å². The first-order valence-corrected chi connectivity index (χ1v) is 24.5. The molecule has 0 saturated carbocycles. The highest BCUT2D eigenvalue weighted by atomic mass is 32.1. The number of ether oxygens (including phenoxy) is 3. The van der Waals surface area contributed by atoms with E-state index in [-0.39, 0.29) is 63.2 Å². The Bertz CT molecular complexity index is 2550. The van der Waals surface area contributed by atoms with E-state index < -0.39 is 64.7 Å². The van der Waals surface area contributed by atoms with Crippen molar-refractivity contribution in [2.24, 2.45) is 5.41 Å². The Morgan fingerprint density at radius 2 is 1.65 bits per heavy atom. The fourth-order valence-electron chi connectivity index (χ4n) is 9.27. The number of β-amino-alcohol motifs (C(OH)–C–C–N with tert-alkyl or cyclic N) is 1. The Labute approximate surface area is 406 Å². The summed E-state index contributed by atoms with van der Waals surface area (Å²) in [6, 6.07) is 14.9. The van der Waals surface area contributed by atoms with E-state index in [1.54, 1.807) is 16.8 Å². The molecule has 0 bridgehead atoms. The van der Waals surface area contributed by atoms with E-state index >= 15 is 13.2 Å². The van der Waals surface area contributed by atoms with Gasteiger partial charge in [-0.2, -0.15) is 0 Å². The number of amides is 3. The highest BCUT2D eigenvalue weighted by Crippen LogP contribution is 2.44. The van der Waals surface area contributed by atoms with Crippen molar-refractivity contribution in [2.45, 2.75) is 117 Å². The molecule has 3 amide bonds. The minimum atomic E-state index is -1.61. The van der Waals surface area contributed by atoms with Gasteiger partial charge in [0, 0.05) is 92.6 Å². The number of thiazole rings is 1. The second-order valence-corrected chi connectivity index (χ2v) is 20.7. The summed E-state index contributed by atoms with van der Waals surface area (Å²) in [5, 5.41) is 17.2. The molecular formula is C52H65F3N6O7S. The van der Waals surface area contributed by atoms with Gasteiger partial charge in [-0.15, -0.1) is 11.3 Å². The number of nitrogens with one attached hydrogen (secondary N) is 3. The van der Waals surface area contributed by atoms with Gasteiger partial charge in [-0.25, -0.2) is 18.2 Å². The van der Waals surface area contributed by atoms with Crippen LogP contribution in [0.1, 0.15) is 94.9 Å². The third kappa shape index (κ3) is 12.7. The molecule has 0 aliphatic carbocycles. The molecule has 7 rings (SSSR count). The zero-order valence-corrected chi connectivity index (χ0v) is 41.3. The average molecular weight is 975 g/mol. The molecule has 3 aromatic carbocycles. The first-order chi connectivity index (χ1) is 32.8. The number of aromatic amines is 1. The first kappa shape index (κ1) is 51.5. The van der Waals surface area contributed by atoms with E-state index in [2.05, 4.69) is 20.6 Å². The fraction of sp³-hybridized carbons (Fsp3) is 0.500. The van der Waals surface area contributed by atoms with Crippen LogP contribution in [-0.2, 0) is 36.8 Å². The predicted octanol–water partition coefficient (Wildman–Crippen LogP) is 7.96. The molecule has 372 valence electrons. The van der Waals surface area contributed by atoms with Crippen molar-refractivity contribution >= 4 is 40.0 Å². The van der Waals surface area contributed by atoms with Crippen LogP contribution in [0, 0.1) is 24.0 Å². The maximum atomic E-state index is 16.0. The number of benzene rings is 3. The molecule has 17 heteroatoms. The highest BCUT2D eigenvalue weighted by molar-refractivity contribution is 7.13. The number of H-pyrrole nitrogens is 1. The maximum Gasteiger partial charge on any atom is 0.246 e. The number of alkyl halides is 1. The summed E-state index contributed by atoms with van der Waals surface area (Å²) in [4.78, 5) is 52.4. The lowest BCUT2D eigenvalue weighted by Gasteiger charge is -2.43. The number of carbonyl (C=O) groups is 3. The lowest BCUT2D eigenvalue weighted by Crippen LogP contribution is -2.58. The van der Waals surface area contributed by atoms with E-state index in [1.807, 2.05) is 88.0 Å². The van der Waals surface area contributed by atoms with Crippen molar-refractivity contribution in [3.63, 3.8) is 0 Å². The molecule has 1 fully saturated rings. The molecule has 1 unspecified atom stereocenters. The fourth-order valence-corrected chi connectivity index (χ4v) is 10.1. The summed E-state index contributed by atoms with van der Waals surface area (Å²) in [7, 11) is 0. The predicted molar refractivity (Wildman–Crippen MR) is 260 cm³/mol. The van der Waals surface area contributed by atoms with Crippen molar-refractivity contribution < 1.29 is 46.9 Å². The van der Waals surface area contributed by atoms with Crippen molar-refractivity contribution in [2.75, 3.05) is 46.1 Å². The van der Waals surface area contributed by atoms with Crippen LogP contribution in [0.3, 0.4) is 0 Å². The van der Waals surface area contributed by atoms with Crippen LogP contribution in [0.4, 0.5) is 13.2 Å². The molecule has 1 saturated heterocycles. The molecule has 2 aliphatic heterocycles. The number of para-hydroxylation sites is 1.